The van der Waals surface area contributed by atoms with E-state index < -0.39 is 0 Å². The van der Waals surface area contributed by atoms with Gasteiger partial charge in [0.25, 0.3) is 0 Å². The molecule has 0 atom stereocenters. The summed E-state index contributed by atoms with van der Waals surface area (Å²) in [4.78, 5) is 0. The quantitative estimate of drug-likeness (QED) is 0.773. The minimum absolute atomic E-state index is 0.0445. The molecule has 1 aromatic carbocycles. The van der Waals surface area contributed by atoms with Crippen molar-refractivity contribution < 1.29 is 0 Å². The second-order valence-corrected chi connectivity index (χ2v) is 4.89. The lowest BCUT2D eigenvalue weighted by Gasteiger charge is -2.17. The van der Waals surface area contributed by atoms with Gasteiger partial charge in [0.2, 0.25) is 0 Å². The van der Waals surface area contributed by atoms with Gasteiger partial charge in [0.1, 0.15) is 35.4 Å². The lowest BCUT2D eigenvalue weighted by molar-refractivity contribution is 1.21. The fourth-order valence-electron chi connectivity index (χ4n) is 2.27. The molecule has 1 aromatic rings. The highest BCUT2D eigenvalue weighted by Crippen LogP contribution is 2.29. The van der Waals surface area contributed by atoms with Crippen LogP contribution < -0.4 is 0 Å². The Balaban J connectivity index is 3.76. The second kappa shape index (κ2) is 6.90. The van der Waals surface area contributed by atoms with Crippen LogP contribution in [-0.4, -0.2) is 0 Å². The Hall–Kier alpha value is -3.34. The highest BCUT2D eigenvalue weighted by molar-refractivity contribution is 5.75. The number of allylic oxidation sites excluding steroid dienone is 2. The van der Waals surface area contributed by atoms with Gasteiger partial charge in [0, 0.05) is 0 Å². The molecular weight excluding hydrogens is 272 g/mol. The van der Waals surface area contributed by atoms with E-state index in [0.29, 0.717) is 0 Å². The van der Waals surface area contributed by atoms with Crippen LogP contribution in [0.25, 0.3) is 12.2 Å². The predicted molar refractivity (Wildman–Crippen MR) is 83.8 cm³/mol. The van der Waals surface area contributed by atoms with Gasteiger partial charge in [-0.05, 0) is 73.2 Å². The molecule has 0 heterocycles. The van der Waals surface area contributed by atoms with Gasteiger partial charge >= 0.3 is 0 Å². The Bertz CT molecular complexity index is 723. The van der Waals surface area contributed by atoms with E-state index in [-0.39, 0.29) is 11.1 Å². The largest absolute Gasteiger partial charge is 0.192 e. The SMILES string of the molecule is Cc1c(C)c(C=C(C#N)C#N)c(C)c(C)c1C=C(C#N)C#N. The first-order valence-electron chi connectivity index (χ1n) is 6.55. The van der Waals surface area contributed by atoms with Crippen LogP contribution in [0.15, 0.2) is 11.1 Å². The lowest BCUT2D eigenvalue weighted by atomic mass is 9.87. The number of hydrogen-bond donors (Lipinski definition) is 0. The van der Waals surface area contributed by atoms with E-state index in [1.54, 1.807) is 12.2 Å². The van der Waals surface area contributed by atoms with Gasteiger partial charge in [-0.3, -0.25) is 0 Å². The van der Waals surface area contributed by atoms with Crippen molar-refractivity contribution in [2.45, 2.75) is 27.7 Å². The van der Waals surface area contributed by atoms with E-state index in [2.05, 4.69) is 0 Å². The van der Waals surface area contributed by atoms with Crippen LogP contribution in [0.4, 0.5) is 0 Å². The first-order valence-corrected chi connectivity index (χ1v) is 6.55. The number of benzene rings is 1. The van der Waals surface area contributed by atoms with Crippen LogP contribution in [0.1, 0.15) is 33.4 Å². The standard InChI is InChI=1S/C18H14N4/c1-11-12(2)18(6-16(9-21)10-22)14(4)13(3)17(11)5-15(7-19)8-20/h5-6H,1-4H3. The molecule has 0 fully saturated rings. The molecule has 0 spiro atoms. The number of nitrogens with zero attached hydrogens (tertiary/aromatic N) is 4. The molecule has 22 heavy (non-hydrogen) atoms. The molecule has 0 aliphatic carbocycles. The van der Waals surface area contributed by atoms with Crippen molar-refractivity contribution in [3.8, 4) is 24.3 Å². The third-order valence-electron chi connectivity index (χ3n) is 3.80. The van der Waals surface area contributed by atoms with Crippen molar-refractivity contribution in [3.05, 3.63) is 44.5 Å². The van der Waals surface area contributed by atoms with Crippen LogP contribution in [0.5, 0.6) is 0 Å². The van der Waals surface area contributed by atoms with Crippen LogP contribution in [0, 0.1) is 73.0 Å². The van der Waals surface area contributed by atoms with Crippen LogP contribution >= 0.6 is 0 Å². The van der Waals surface area contributed by atoms with Crippen LogP contribution in [-0.2, 0) is 0 Å². The molecule has 0 N–H and O–H groups in total. The molecule has 1 rings (SSSR count). The van der Waals surface area contributed by atoms with Gasteiger partial charge < -0.3 is 0 Å². The summed E-state index contributed by atoms with van der Waals surface area (Å²) in [5, 5.41) is 35.7. The van der Waals surface area contributed by atoms with Crippen molar-refractivity contribution in [3.63, 3.8) is 0 Å². The van der Waals surface area contributed by atoms with Gasteiger partial charge in [-0.15, -0.1) is 0 Å². The van der Waals surface area contributed by atoms with E-state index in [1.807, 2.05) is 52.0 Å². The van der Waals surface area contributed by atoms with Crippen molar-refractivity contribution in [2.24, 2.45) is 0 Å². The summed E-state index contributed by atoms with van der Waals surface area (Å²) in [7, 11) is 0. The van der Waals surface area contributed by atoms with Gasteiger partial charge in [-0.2, -0.15) is 21.0 Å². The molecule has 0 amide bonds. The summed E-state index contributed by atoms with van der Waals surface area (Å²) in [6, 6.07) is 7.44. The Kier molecular flexibility index (Phi) is 5.24. The Morgan fingerprint density at radius 3 is 1.00 bits per heavy atom. The third-order valence-corrected chi connectivity index (χ3v) is 3.80. The average Bonchev–Trinajstić information content (AvgIpc) is 2.54. The maximum absolute atomic E-state index is 8.92. The Labute approximate surface area is 130 Å². The van der Waals surface area contributed by atoms with E-state index in [9.17, 15) is 0 Å². The smallest absolute Gasteiger partial charge is 0.130 e. The van der Waals surface area contributed by atoms with Crippen LogP contribution in [0.3, 0.4) is 0 Å². The minimum Gasteiger partial charge on any atom is -0.192 e. The van der Waals surface area contributed by atoms with Gasteiger partial charge in [-0.1, -0.05) is 0 Å². The second-order valence-electron chi connectivity index (χ2n) is 4.89. The lowest BCUT2D eigenvalue weighted by Crippen LogP contribution is -2.00. The maximum Gasteiger partial charge on any atom is 0.130 e. The molecule has 0 bridgehead atoms. The monoisotopic (exact) mass is 286 g/mol. The number of rotatable bonds is 2. The van der Waals surface area contributed by atoms with Crippen LogP contribution in [0.2, 0.25) is 0 Å². The summed E-state index contributed by atoms with van der Waals surface area (Å²) in [6.45, 7) is 7.59. The maximum atomic E-state index is 8.92. The number of nitriles is 4. The zero-order chi connectivity index (χ0) is 16.9. The summed E-state index contributed by atoms with van der Waals surface area (Å²) < 4.78 is 0. The Morgan fingerprint density at radius 2 is 0.818 bits per heavy atom. The first kappa shape index (κ1) is 16.7. The zero-order valence-electron chi connectivity index (χ0n) is 12.9. The van der Waals surface area contributed by atoms with Gasteiger partial charge in [0.15, 0.2) is 0 Å². The van der Waals surface area contributed by atoms with E-state index >= 15 is 0 Å². The summed E-state index contributed by atoms with van der Waals surface area (Å²) in [6.07, 6.45) is 3.15. The molecule has 0 saturated carbocycles. The van der Waals surface area contributed by atoms with Crippen molar-refractivity contribution in [1.82, 2.24) is 0 Å². The first-order chi connectivity index (χ1) is 10.4. The van der Waals surface area contributed by atoms with Crippen molar-refractivity contribution >= 4 is 12.2 Å². The number of hydrogen-bond acceptors (Lipinski definition) is 4. The molecule has 0 aliphatic heterocycles. The summed E-state index contributed by atoms with van der Waals surface area (Å²) in [5.41, 5.74) is 5.45. The van der Waals surface area contributed by atoms with Gasteiger partial charge in [-0.25, -0.2) is 0 Å². The molecule has 0 saturated heterocycles. The normalized spacial score (nSPS) is 8.73. The molecule has 0 aliphatic rings. The predicted octanol–water partition coefficient (Wildman–Crippen LogP) is 3.78. The zero-order valence-corrected chi connectivity index (χ0v) is 12.9. The highest BCUT2D eigenvalue weighted by atomic mass is 14.3. The molecular formula is C18H14N4. The third kappa shape index (κ3) is 3.04. The molecule has 0 radical (unpaired) electrons. The van der Waals surface area contributed by atoms with E-state index in [0.717, 1.165) is 33.4 Å². The van der Waals surface area contributed by atoms with E-state index in [1.165, 1.54) is 0 Å². The van der Waals surface area contributed by atoms with E-state index in [4.69, 9.17) is 21.0 Å². The minimum atomic E-state index is 0.0445. The van der Waals surface area contributed by atoms with Crippen molar-refractivity contribution in [1.29, 1.82) is 21.0 Å². The topological polar surface area (TPSA) is 95.2 Å². The molecule has 0 unspecified atom stereocenters. The molecule has 4 heteroatoms. The average molecular weight is 286 g/mol. The van der Waals surface area contributed by atoms with Gasteiger partial charge in [0.05, 0.1) is 0 Å². The Morgan fingerprint density at radius 1 is 0.591 bits per heavy atom. The highest BCUT2D eigenvalue weighted by Gasteiger charge is 2.13. The molecule has 0 aromatic heterocycles. The molecule has 4 nitrogen and oxygen atoms in total. The fraction of sp³-hybridized carbons (Fsp3) is 0.222. The summed E-state index contributed by atoms with van der Waals surface area (Å²) >= 11 is 0. The van der Waals surface area contributed by atoms with Crippen molar-refractivity contribution in [2.75, 3.05) is 0 Å². The molecule has 106 valence electrons. The fourth-order valence-corrected chi connectivity index (χ4v) is 2.27. The summed E-state index contributed by atoms with van der Waals surface area (Å²) in [5.74, 6) is 0.